The van der Waals surface area contributed by atoms with Crippen molar-refractivity contribution in [1.82, 2.24) is 0 Å². The maximum atomic E-state index is 13.6. The van der Waals surface area contributed by atoms with Crippen LogP contribution in [0.1, 0.15) is 0 Å². The number of phenols is 1. The summed E-state index contributed by atoms with van der Waals surface area (Å²) in [5, 5.41) is 11.2. The van der Waals surface area contributed by atoms with E-state index in [2.05, 4.69) is 0 Å². The molecule has 0 aromatic heterocycles. The molecule has 0 aliphatic heterocycles. The number of rotatable bonds is 4. The van der Waals surface area contributed by atoms with Crippen molar-refractivity contribution in [2.24, 2.45) is 0 Å². The van der Waals surface area contributed by atoms with Crippen LogP contribution in [0.2, 0.25) is 0 Å². The molecule has 118 valence electrons. The summed E-state index contributed by atoms with van der Waals surface area (Å²) in [6, 6.07) is 9.76. The van der Waals surface area contributed by atoms with E-state index in [9.17, 15) is 9.50 Å². The van der Waals surface area contributed by atoms with Crippen LogP contribution in [-0.4, -0.2) is 19.3 Å². The average molecular weight is 399 g/mol. The zero-order chi connectivity index (χ0) is 16.5. The Kier molecular flexibility index (Phi) is 9.15. The average Bonchev–Trinajstić information content (AvgIpc) is 2.52. The van der Waals surface area contributed by atoms with Crippen molar-refractivity contribution in [1.29, 1.82) is 0 Å². The second-order valence-electron chi connectivity index (χ2n) is 3.90. The number of phenolic OH excluding ortho intramolecular Hbond substituents is 1. The monoisotopic (exact) mass is 398 g/mol. The van der Waals surface area contributed by atoms with Crippen LogP contribution in [0, 0.1) is 5.82 Å². The Morgan fingerprint density at radius 1 is 1.09 bits per heavy atom. The van der Waals surface area contributed by atoms with Crippen molar-refractivity contribution >= 4 is 37.8 Å². The number of hydrogen-bond acceptors (Lipinski definition) is 3. The van der Waals surface area contributed by atoms with Gasteiger partial charge in [-0.05, 0) is 12.1 Å². The van der Waals surface area contributed by atoms with Crippen LogP contribution in [0.4, 0.5) is 4.39 Å². The number of benzene rings is 2. The minimum atomic E-state index is -0.556. The molecule has 1 unspecified atom stereocenters. The van der Waals surface area contributed by atoms with Crippen LogP contribution in [0.15, 0.2) is 36.4 Å². The Labute approximate surface area is 147 Å². The van der Waals surface area contributed by atoms with Crippen molar-refractivity contribution in [2.75, 3.05) is 14.2 Å². The standard InChI is InChI=1S/C14H14FO3P.2ClH.Ti/c1-17-9-7-11(18-2)14(16)13(8-9)19-12-6-4-3-5-10(12)15;;;/h3-8,16,19H,1-2H3;2*1H;/q;;;+2/p-2. The second-order valence-corrected chi connectivity index (χ2v) is 7.81. The van der Waals surface area contributed by atoms with Gasteiger partial charge in [-0.25, -0.2) is 4.39 Å². The van der Waals surface area contributed by atoms with Crippen LogP contribution in [0.5, 0.6) is 17.2 Å². The van der Waals surface area contributed by atoms with Crippen molar-refractivity contribution in [3.63, 3.8) is 0 Å². The molecule has 0 bridgehead atoms. The SMILES string of the molecule is COc1cc(OC)c(O)c(Pc2ccccc2F)c1.[Cl][Ti][Cl]. The van der Waals surface area contributed by atoms with Gasteiger partial charge < -0.3 is 14.6 Å². The van der Waals surface area contributed by atoms with Crippen LogP contribution in [-0.2, 0) is 17.0 Å². The van der Waals surface area contributed by atoms with Gasteiger partial charge in [0.2, 0.25) is 0 Å². The summed E-state index contributed by atoms with van der Waals surface area (Å²) in [4.78, 5) is 0. The molecule has 1 atom stereocenters. The Morgan fingerprint density at radius 2 is 1.73 bits per heavy atom. The molecule has 3 nitrogen and oxygen atoms in total. The normalized spacial score (nSPS) is 10.0. The van der Waals surface area contributed by atoms with E-state index < -0.39 is 17.0 Å². The van der Waals surface area contributed by atoms with Crippen LogP contribution < -0.4 is 20.1 Å². The first kappa shape index (κ1) is 19.5. The summed E-state index contributed by atoms with van der Waals surface area (Å²) in [6.07, 6.45) is 0. The fourth-order valence-corrected chi connectivity index (χ4v) is 2.79. The van der Waals surface area contributed by atoms with Gasteiger partial charge in [-0.3, -0.25) is 0 Å². The second kappa shape index (κ2) is 10.3. The Balaban J connectivity index is 0.000000745. The molecule has 0 spiro atoms. The van der Waals surface area contributed by atoms with Gasteiger partial charge in [-0.1, -0.05) is 26.8 Å². The zero-order valence-corrected chi connectivity index (χ0v) is 15.9. The Morgan fingerprint density at radius 3 is 2.27 bits per heavy atom. The molecule has 1 N–H and O–H groups in total. The molecule has 22 heavy (non-hydrogen) atoms. The summed E-state index contributed by atoms with van der Waals surface area (Å²) in [5.41, 5.74) is 0. The van der Waals surface area contributed by atoms with E-state index in [-0.39, 0.29) is 20.1 Å². The predicted molar refractivity (Wildman–Crippen MR) is 86.9 cm³/mol. The summed E-state index contributed by atoms with van der Waals surface area (Å²) in [5.74, 6) is 0.610. The minimum absolute atomic E-state index is 0.0118. The molecule has 2 rings (SSSR count). The molecule has 2 aromatic carbocycles. The van der Waals surface area contributed by atoms with E-state index in [4.69, 9.17) is 28.1 Å². The topological polar surface area (TPSA) is 38.7 Å². The summed E-state index contributed by atoms with van der Waals surface area (Å²) >= 11 is -0.556. The van der Waals surface area contributed by atoms with Crippen molar-refractivity contribution in [3.05, 3.63) is 42.2 Å². The van der Waals surface area contributed by atoms with Gasteiger partial charge in [0.25, 0.3) is 0 Å². The van der Waals surface area contributed by atoms with Crippen molar-refractivity contribution in [2.45, 2.75) is 0 Å². The first-order valence-corrected chi connectivity index (χ1v) is 11.3. The molecule has 2 aromatic rings. The molecule has 0 aliphatic rings. The fraction of sp³-hybridized carbons (Fsp3) is 0.143. The number of methoxy groups -OCH3 is 2. The number of hydrogen-bond donors (Lipinski definition) is 1. The maximum absolute atomic E-state index is 13.6. The van der Waals surface area contributed by atoms with E-state index in [1.807, 2.05) is 0 Å². The summed E-state index contributed by atoms with van der Waals surface area (Å²) in [6.45, 7) is 0. The predicted octanol–water partition coefficient (Wildman–Crippen LogP) is 3.55. The van der Waals surface area contributed by atoms with Gasteiger partial charge in [0.05, 0.1) is 14.2 Å². The van der Waals surface area contributed by atoms with E-state index in [1.54, 1.807) is 30.3 Å². The number of aromatic hydroxyl groups is 1. The van der Waals surface area contributed by atoms with Crippen LogP contribution in [0.3, 0.4) is 0 Å². The van der Waals surface area contributed by atoms with Crippen molar-refractivity contribution < 1.29 is 36.0 Å². The van der Waals surface area contributed by atoms with Crippen molar-refractivity contribution in [3.8, 4) is 17.2 Å². The van der Waals surface area contributed by atoms with Crippen LogP contribution in [0.25, 0.3) is 0 Å². The van der Waals surface area contributed by atoms with E-state index >= 15 is 0 Å². The molecule has 0 radical (unpaired) electrons. The van der Waals surface area contributed by atoms with Gasteiger partial charge in [-0.15, -0.1) is 0 Å². The Bertz CT molecular complexity index is 617. The first-order chi connectivity index (χ1) is 10.6. The third-order valence-electron chi connectivity index (χ3n) is 2.65. The zero-order valence-electron chi connectivity index (χ0n) is 11.9. The molecule has 0 heterocycles. The van der Waals surface area contributed by atoms with Gasteiger partial charge in [0.1, 0.15) is 11.6 Å². The number of ether oxygens (including phenoxy) is 2. The van der Waals surface area contributed by atoms with E-state index in [1.165, 1.54) is 20.3 Å². The first-order valence-electron chi connectivity index (χ1n) is 6.00. The van der Waals surface area contributed by atoms with Gasteiger partial charge in [0.15, 0.2) is 11.5 Å². The molecule has 0 fully saturated rings. The van der Waals surface area contributed by atoms with E-state index in [0.29, 0.717) is 22.1 Å². The van der Waals surface area contributed by atoms with Crippen LogP contribution >= 0.6 is 27.2 Å². The molecular formula is C14H14Cl2FO3PTi. The quantitative estimate of drug-likeness (QED) is 0.632. The molecule has 8 heteroatoms. The van der Waals surface area contributed by atoms with Gasteiger partial charge in [0, 0.05) is 16.7 Å². The third kappa shape index (κ3) is 5.60. The molecule has 0 saturated carbocycles. The Hall–Kier alpha value is -0.506. The molecular weight excluding hydrogens is 385 g/mol. The van der Waals surface area contributed by atoms with Gasteiger partial charge in [-0.2, -0.15) is 0 Å². The summed E-state index contributed by atoms with van der Waals surface area (Å²) < 4.78 is 23.9. The number of halogens is 3. The molecule has 0 amide bonds. The third-order valence-corrected chi connectivity index (χ3v) is 3.97. The van der Waals surface area contributed by atoms with E-state index in [0.717, 1.165) is 0 Å². The molecule has 0 saturated heterocycles. The molecule has 0 aliphatic carbocycles. The summed E-state index contributed by atoms with van der Waals surface area (Å²) in [7, 11) is 12.8. The van der Waals surface area contributed by atoms with Gasteiger partial charge >= 0.3 is 35.6 Å². The fourth-order valence-electron chi connectivity index (χ4n) is 1.66.